The van der Waals surface area contributed by atoms with Crippen molar-refractivity contribution in [1.29, 1.82) is 0 Å². The minimum Gasteiger partial charge on any atom is -0.497 e. The number of ether oxygens (including phenoxy) is 1. The first-order chi connectivity index (χ1) is 11.8. The van der Waals surface area contributed by atoms with Gasteiger partial charge in [0.1, 0.15) is 23.1 Å². The molecule has 24 heavy (non-hydrogen) atoms. The van der Waals surface area contributed by atoms with E-state index in [9.17, 15) is 4.39 Å². The summed E-state index contributed by atoms with van der Waals surface area (Å²) in [5.74, 6) is 1.94. The Morgan fingerprint density at radius 2 is 1.79 bits per heavy atom. The quantitative estimate of drug-likeness (QED) is 0.653. The third-order valence-corrected chi connectivity index (χ3v) is 3.85. The molecule has 2 aromatic carbocycles. The molecule has 0 atom stereocenters. The van der Waals surface area contributed by atoms with Gasteiger partial charge in [-0.15, -0.1) is 0 Å². The van der Waals surface area contributed by atoms with Gasteiger partial charge in [0.25, 0.3) is 0 Å². The van der Waals surface area contributed by atoms with E-state index in [2.05, 4.69) is 17.4 Å². The number of hydrogen-bond acceptors (Lipinski definition) is 3. The Kier molecular flexibility index (Phi) is 5.29. The first-order valence-corrected chi connectivity index (χ1v) is 7.93. The van der Waals surface area contributed by atoms with Crippen molar-refractivity contribution in [3.63, 3.8) is 0 Å². The summed E-state index contributed by atoms with van der Waals surface area (Å²) < 4.78 is 24.6. The number of methoxy groups -OCH3 is 1. The van der Waals surface area contributed by atoms with Crippen LogP contribution in [0.3, 0.4) is 0 Å². The van der Waals surface area contributed by atoms with Crippen LogP contribution in [0.5, 0.6) is 5.75 Å². The Morgan fingerprint density at radius 1 is 1.00 bits per heavy atom. The van der Waals surface area contributed by atoms with Crippen LogP contribution in [0, 0.1) is 5.82 Å². The van der Waals surface area contributed by atoms with Crippen LogP contribution >= 0.6 is 0 Å². The monoisotopic (exact) mass is 325 g/mol. The van der Waals surface area contributed by atoms with E-state index < -0.39 is 0 Å². The minimum absolute atomic E-state index is 0.272. The summed E-state index contributed by atoms with van der Waals surface area (Å²) in [6.07, 6.45) is 0.922. The number of hydrogen-bond donors (Lipinski definition) is 1. The fourth-order valence-corrected chi connectivity index (χ4v) is 2.52. The van der Waals surface area contributed by atoms with E-state index in [1.807, 2.05) is 18.2 Å². The second-order valence-electron chi connectivity index (χ2n) is 5.52. The van der Waals surface area contributed by atoms with Gasteiger partial charge in [0, 0.05) is 0 Å². The molecule has 0 bridgehead atoms. The van der Waals surface area contributed by atoms with Gasteiger partial charge in [0.2, 0.25) is 0 Å². The maximum atomic E-state index is 13.7. The number of nitrogens with one attached hydrogen (secondary N) is 1. The zero-order chi connectivity index (χ0) is 16.8. The first-order valence-electron chi connectivity index (χ1n) is 7.93. The second-order valence-corrected chi connectivity index (χ2v) is 5.52. The summed E-state index contributed by atoms with van der Waals surface area (Å²) in [5.41, 5.74) is 1.73. The second kappa shape index (κ2) is 7.79. The third-order valence-electron chi connectivity index (χ3n) is 3.85. The van der Waals surface area contributed by atoms with Gasteiger partial charge in [0.15, 0.2) is 0 Å². The highest BCUT2D eigenvalue weighted by atomic mass is 19.1. The average Bonchev–Trinajstić information content (AvgIpc) is 3.08. The fourth-order valence-electron chi connectivity index (χ4n) is 2.52. The van der Waals surface area contributed by atoms with Gasteiger partial charge in [-0.1, -0.05) is 24.3 Å². The summed E-state index contributed by atoms with van der Waals surface area (Å²) in [5, 5.41) is 3.34. The number of benzene rings is 2. The van der Waals surface area contributed by atoms with Crippen LogP contribution in [-0.4, -0.2) is 13.7 Å². The molecule has 1 aromatic heterocycles. The molecule has 1 heterocycles. The van der Waals surface area contributed by atoms with Crippen molar-refractivity contribution < 1.29 is 13.5 Å². The maximum Gasteiger partial charge on any atom is 0.137 e. The van der Waals surface area contributed by atoms with E-state index in [0.717, 1.165) is 24.5 Å². The van der Waals surface area contributed by atoms with Crippen LogP contribution in [0.4, 0.5) is 4.39 Å². The molecule has 0 saturated carbocycles. The van der Waals surface area contributed by atoms with Gasteiger partial charge in [-0.25, -0.2) is 4.39 Å². The summed E-state index contributed by atoms with van der Waals surface area (Å²) in [6, 6.07) is 18.3. The molecule has 0 amide bonds. The van der Waals surface area contributed by atoms with Crippen LogP contribution < -0.4 is 10.1 Å². The van der Waals surface area contributed by atoms with Crippen molar-refractivity contribution >= 4 is 0 Å². The molecule has 0 aliphatic carbocycles. The molecule has 3 aromatic rings. The lowest BCUT2D eigenvalue weighted by molar-refractivity contribution is 0.414. The van der Waals surface area contributed by atoms with Crippen LogP contribution in [0.25, 0.3) is 11.3 Å². The molecule has 124 valence electrons. The summed E-state index contributed by atoms with van der Waals surface area (Å²) >= 11 is 0. The lowest BCUT2D eigenvalue weighted by Gasteiger charge is -2.05. The number of furan rings is 1. The molecular formula is C20H20FNO2. The van der Waals surface area contributed by atoms with E-state index in [0.29, 0.717) is 17.9 Å². The van der Waals surface area contributed by atoms with Crippen molar-refractivity contribution in [3.05, 3.63) is 77.8 Å². The van der Waals surface area contributed by atoms with Gasteiger partial charge in [-0.3, -0.25) is 0 Å². The lowest BCUT2D eigenvalue weighted by atomic mass is 10.1. The standard InChI is InChI=1S/C20H20FNO2/c1-23-16-8-6-15(7-9-16)12-13-22-14-17-10-11-20(24-17)18-4-2-3-5-19(18)21/h2-11,22H,12-14H2,1H3. The predicted octanol–water partition coefficient (Wildman–Crippen LogP) is 4.43. The Bertz CT molecular complexity index is 780. The Balaban J connectivity index is 1.50. The van der Waals surface area contributed by atoms with Crippen LogP contribution in [0.2, 0.25) is 0 Å². The largest absolute Gasteiger partial charge is 0.497 e. The van der Waals surface area contributed by atoms with Crippen molar-refractivity contribution in [2.45, 2.75) is 13.0 Å². The van der Waals surface area contributed by atoms with Gasteiger partial charge in [-0.2, -0.15) is 0 Å². The highest BCUT2D eigenvalue weighted by Gasteiger charge is 2.08. The lowest BCUT2D eigenvalue weighted by Crippen LogP contribution is -2.16. The van der Waals surface area contributed by atoms with Crippen LogP contribution in [-0.2, 0) is 13.0 Å². The smallest absolute Gasteiger partial charge is 0.137 e. The normalized spacial score (nSPS) is 10.8. The molecule has 3 rings (SSSR count). The predicted molar refractivity (Wildman–Crippen MR) is 92.5 cm³/mol. The molecule has 0 spiro atoms. The van der Waals surface area contributed by atoms with E-state index in [4.69, 9.17) is 9.15 Å². The molecule has 3 nitrogen and oxygen atoms in total. The van der Waals surface area contributed by atoms with Crippen molar-refractivity contribution in [2.24, 2.45) is 0 Å². The van der Waals surface area contributed by atoms with Crippen molar-refractivity contribution in [2.75, 3.05) is 13.7 Å². The highest BCUT2D eigenvalue weighted by Crippen LogP contribution is 2.24. The average molecular weight is 325 g/mol. The van der Waals surface area contributed by atoms with Crippen LogP contribution in [0.1, 0.15) is 11.3 Å². The Hall–Kier alpha value is -2.59. The van der Waals surface area contributed by atoms with Crippen LogP contribution in [0.15, 0.2) is 65.1 Å². The zero-order valence-electron chi connectivity index (χ0n) is 13.6. The zero-order valence-corrected chi connectivity index (χ0v) is 13.6. The van der Waals surface area contributed by atoms with Crippen molar-refractivity contribution in [3.8, 4) is 17.1 Å². The molecule has 0 aliphatic heterocycles. The topological polar surface area (TPSA) is 34.4 Å². The SMILES string of the molecule is COc1ccc(CCNCc2ccc(-c3ccccc3F)o2)cc1. The van der Waals surface area contributed by atoms with Gasteiger partial charge in [-0.05, 0) is 54.9 Å². The Morgan fingerprint density at radius 3 is 2.54 bits per heavy atom. The molecule has 0 saturated heterocycles. The molecule has 1 N–H and O–H groups in total. The number of rotatable bonds is 7. The summed E-state index contributed by atoms with van der Waals surface area (Å²) in [6.45, 7) is 1.45. The van der Waals surface area contributed by atoms with E-state index in [1.165, 1.54) is 11.6 Å². The van der Waals surface area contributed by atoms with E-state index in [-0.39, 0.29) is 5.82 Å². The van der Waals surface area contributed by atoms with E-state index >= 15 is 0 Å². The maximum absolute atomic E-state index is 13.7. The minimum atomic E-state index is -0.272. The molecule has 4 heteroatoms. The van der Waals surface area contributed by atoms with E-state index in [1.54, 1.807) is 31.4 Å². The first kappa shape index (κ1) is 16.3. The summed E-state index contributed by atoms with van der Waals surface area (Å²) in [4.78, 5) is 0. The van der Waals surface area contributed by atoms with Gasteiger partial charge < -0.3 is 14.5 Å². The molecule has 0 radical (unpaired) electrons. The third kappa shape index (κ3) is 4.03. The fraction of sp³-hybridized carbons (Fsp3) is 0.200. The van der Waals surface area contributed by atoms with Crippen molar-refractivity contribution in [1.82, 2.24) is 5.32 Å². The summed E-state index contributed by atoms with van der Waals surface area (Å²) in [7, 11) is 1.66. The molecule has 0 unspecified atom stereocenters. The number of halogens is 1. The van der Waals surface area contributed by atoms with Gasteiger partial charge >= 0.3 is 0 Å². The highest BCUT2D eigenvalue weighted by molar-refractivity contribution is 5.58. The molecular weight excluding hydrogens is 305 g/mol. The Labute approximate surface area is 141 Å². The van der Waals surface area contributed by atoms with Gasteiger partial charge in [0.05, 0.1) is 19.2 Å². The molecule has 0 aliphatic rings. The molecule has 0 fully saturated rings.